The Kier molecular flexibility index (Phi) is 12.4. The summed E-state index contributed by atoms with van der Waals surface area (Å²) in [5, 5.41) is 0. The Morgan fingerprint density at radius 1 is 0.926 bits per heavy atom. The number of hydrogen-bond acceptors (Lipinski definition) is 4. The van der Waals surface area contributed by atoms with Crippen LogP contribution in [-0.2, 0) is 14.3 Å². The van der Waals surface area contributed by atoms with Crippen molar-refractivity contribution < 1.29 is 14.3 Å². The van der Waals surface area contributed by atoms with Crippen molar-refractivity contribution in [1.29, 1.82) is 0 Å². The zero-order chi connectivity index (χ0) is 20.1. The molecule has 0 aromatic rings. The molecule has 1 amide bonds. The number of amides is 1. The molecule has 5 heteroatoms. The molecule has 0 atom stereocenters. The molecule has 0 N–H and O–H groups in total. The van der Waals surface area contributed by atoms with E-state index in [-0.39, 0.29) is 17.8 Å². The summed E-state index contributed by atoms with van der Waals surface area (Å²) in [5.41, 5.74) is 0. The second-order valence-electron chi connectivity index (χ2n) is 7.89. The van der Waals surface area contributed by atoms with Gasteiger partial charge in [-0.3, -0.25) is 9.59 Å². The number of rotatable bonds is 13. The van der Waals surface area contributed by atoms with E-state index >= 15 is 0 Å². The second kappa shape index (κ2) is 14.0. The van der Waals surface area contributed by atoms with Gasteiger partial charge in [0.2, 0.25) is 5.91 Å². The molecule has 0 aliphatic heterocycles. The molecule has 0 radical (unpaired) electrons. The van der Waals surface area contributed by atoms with Crippen LogP contribution in [0.25, 0.3) is 0 Å². The second-order valence-corrected chi connectivity index (χ2v) is 7.89. The van der Waals surface area contributed by atoms with E-state index in [0.717, 1.165) is 51.4 Å². The van der Waals surface area contributed by atoms with Crippen molar-refractivity contribution in [3.8, 4) is 0 Å². The molecule has 5 nitrogen and oxygen atoms in total. The topological polar surface area (TPSA) is 49.9 Å². The Balaban J connectivity index is 2.54. The Morgan fingerprint density at radius 2 is 1.59 bits per heavy atom. The van der Waals surface area contributed by atoms with Crippen LogP contribution in [0.5, 0.6) is 0 Å². The van der Waals surface area contributed by atoms with Crippen molar-refractivity contribution in [1.82, 2.24) is 9.80 Å². The van der Waals surface area contributed by atoms with E-state index in [9.17, 15) is 9.59 Å². The van der Waals surface area contributed by atoms with E-state index in [2.05, 4.69) is 25.7 Å². The molecule has 1 saturated carbocycles. The first-order chi connectivity index (χ1) is 13.0. The molecule has 0 saturated heterocycles. The molecule has 0 heterocycles. The molecule has 0 aromatic carbocycles. The first kappa shape index (κ1) is 23.9. The maximum absolute atomic E-state index is 13.1. The van der Waals surface area contributed by atoms with Gasteiger partial charge in [-0.25, -0.2) is 0 Å². The van der Waals surface area contributed by atoms with Gasteiger partial charge in [0.15, 0.2) is 0 Å². The largest absolute Gasteiger partial charge is 0.469 e. The molecular weight excluding hydrogens is 340 g/mol. The summed E-state index contributed by atoms with van der Waals surface area (Å²) >= 11 is 0. The first-order valence-electron chi connectivity index (χ1n) is 11.1. The van der Waals surface area contributed by atoms with Gasteiger partial charge < -0.3 is 14.5 Å². The fraction of sp³-hybridized carbons (Fsp3) is 0.909. The Hall–Kier alpha value is -1.10. The first-order valence-corrected chi connectivity index (χ1v) is 11.1. The Bertz CT molecular complexity index is 416. The van der Waals surface area contributed by atoms with Crippen LogP contribution in [0, 0.1) is 11.8 Å². The molecule has 1 aliphatic carbocycles. The molecular formula is C22H42N2O3. The highest BCUT2D eigenvalue weighted by Gasteiger charge is 2.29. The van der Waals surface area contributed by atoms with E-state index in [4.69, 9.17) is 4.74 Å². The summed E-state index contributed by atoms with van der Waals surface area (Å²) in [6.07, 6.45) is 9.51. The fourth-order valence-corrected chi connectivity index (χ4v) is 4.13. The predicted molar refractivity (Wildman–Crippen MR) is 111 cm³/mol. The minimum absolute atomic E-state index is 0.147. The van der Waals surface area contributed by atoms with Gasteiger partial charge in [0.1, 0.15) is 0 Å². The molecule has 1 aliphatic rings. The summed E-state index contributed by atoms with van der Waals surface area (Å²) < 4.78 is 4.77. The minimum atomic E-state index is -0.236. The maximum atomic E-state index is 13.1. The van der Waals surface area contributed by atoms with Gasteiger partial charge in [-0.1, -0.05) is 40.0 Å². The van der Waals surface area contributed by atoms with Crippen LogP contribution in [0.1, 0.15) is 78.6 Å². The Morgan fingerprint density at radius 3 is 2.15 bits per heavy atom. The lowest BCUT2D eigenvalue weighted by Gasteiger charge is -2.32. The van der Waals surface area contributed by atoms with Crippen molar-refractivity contribution >= 4 is 11.9 Å². The summed E-state index contributed by atoms with van der Waals surface area (Å²) in [4.78, 5) is 29.0. The van der Waals surface area contributed by atoms with Crippen molar-refractivity contribution in [2.75, 3.05) is 39.8 Å². The summed E-state index contributed by atoms with van der Waals surface area (Å²) in [7, 11) is 1.41. The van der Waals surface area contributed by atoms with Crippen molar-refractivity contribution in [2.24, 2.45) is 11.8 Å². The third kappa shape index (κ3) is 9.09. The van der Waals surface area contributed by atoms with Crippen LogP contribution in [-0.4, -0.2) is 61.5 Å². The van der Waals surface area contributed by atoms with E-state index in [1.807, 2.05) is 4.90 Å². The molecule has 0 unspecified atom stereocenters. The monoisotopic (exact) mass is 382 g/mol. The number of carbonyl (C=O) groups excluding carboxylic acids is 2. The van der Waals surface area contributed by atoms with Crippen molar-refractivity contribution in [2.45, 2.75) is 78.6 Å². The van der Waals surface area contributed by atoms with Gasteiger partial charge >= 0.3 is 5.97 Å². The molecule has 158 valence electrons. The quantitative estimate of drug-likeness (QED) is 0.450. The van der Waals surface area contributed by atoms with Gasteiger partial charge in [-0.15, -0.1) is 0 Å². The highest BCUT2D eigenvalue weighted by molar-refractivity contribution is 5.79. The third-order valence-electron chi connectivity index (χ3n) is 6.08. The number of unbranched alkanes of at least 4 members (excludes halogenated alkanes) is 1. The zero-order valence-electron chi connectivity index (χ0n) is 18.2. The van der Waals surface area contributed by atoms with Crippen LogP contribution in [0.3, 0.4) is 0 Å². The smallest absolute Gasteiger partial charge is 0.307 e. The average Bonchev–Trinajstić information content (AvgIpc) is 2.71. The summed E-state index contributed by atoms with van der Waals surface area (Å²) in [5.74, 6) is 0.973. The van der Waals surface area contributed by atoms with Crippen molar-refractivity contribution in [3.63, 3.8) is 0 Å². The van der Waals surface area contributed by atoms with Gasteiger partial charge in [-0.05, 0) is 57.7 Å². The van der Waals surface area contributed by atoms with Gasteiger partial charge in [0.05, 0.1) is 13.5 Å². The fourth-order valence-electron chi connectivity index (χ4n) is 4.13. The highest BCUT2D eigenvalue weighted by Crippen LogP contribution is 2.33. The van der Waals surface area contributed by atoms with Crippen LogP contribution in [0.15, 0.2) is 0 Å². The van der Waals surface area contributed by atoms with Crippen LogP contribution in [0.2, 0.25) is 0 Å². The van der Waals surface area contributed by atoms with E-state index in [0.29, 0.717) is 13.0 Å². The number of nitrogens with zero attached hydrogens (tertiary/aromatic N) is 2. The van der Waals surface area contributed by atoms with Gasteiger partial charge in [0, 0.05) is 19.0 Å². The number of ether oxygens (including phenoxy) is 1. The van der Waals surface area contributed by atoms with E-state index < -0.39 is 0 Å². The Labute approximate surface area is 166 Å². The SMILES string of the molecule is CCCCC1CCC(C(=O)N(CCCN(CC)CC)CCC(=O)OC)CC1. The predicted octanol–water partition coefficient (Wildman–Crippen LogP) is 4.11. The van der Waals surface area contributed by atoms with Gasteiger partial charge in [-0.2, -0.15) is 0 Å². The number of carbonyl (C=O) groups is 2. The van der Waals surface area contributed by atoms with Gasteiger partial charge in [0.25, 0.3) is 0 Å². The maximum Gasteiger partial charge on any atom is 0.307 e. The normalized spacial score (nSPS) is 19.9. The molecule has 0 bridgehead atoms. The van der Waals surface area contributed by atoms with Crippen LogP contribution >= 0.6 is 0 Å². The number of methoxy groups -OCH3 is 1. The lowest BCUT2D eigenvalue weighted by molar-refractivity contribution is -0.142. The molecule has 27 heavy (non-hydrogen) atoms. The van der Waals surface area contributed by atoms with Crippen LogP contribution in [0.4, 0.5) is 0 Å². The van der Waals surface area contributed by atoms with E-state index in [1.54, 1.807) is 0 Å². The summed E-state index contributed by atoms with van der Waals surface area (Å²) in [6, 6.07) is 0. The zero-order valence-corrected chi connectivity index (χ0v) is 18.2. The number of esters is 1. The molecule has 1 rings (SSSR count). The van der Waals surface area contributed by atoms with Crippen molar-refractivity contribution in [3.05, 3.63) is 0 Å². The lowest BCUT2D eigenvalue weighted by atomic mass is 9.79. The van der Waals surface area contributed by atoms with Crippen LogP contribution < -0.4 is 0 Å². The highest BCUT2D eigenvalue weighted by atomic mass is 16.5. The lowest BCUT2D eigenvalue weighted by Crippen LogP contribution is -2.40. The average molecular weight is 383 g/mol. The van der Waals surface area contributed by atoms with E-state index in [1.165, 1.54) is 39.2 Å². The number of hydrogen-bond donors (Lipinski definition) is 0. The minimum Gasteiger partial charge on any atom is -0.469 e. The third-order valence-corrected chi connectivity index (χ3v) is 6.08. The molecule has 0 aromatic heterocycles. The standard InChI is InChI=1S/C22H42N2O3/c1-5-8-10-19-11-13-20(14-12-19)22(26)24(18-15-21(25)27-4)17-9-16-23(6-2)7-3/h19-20H,5-18H2,1-4H3. The summed E-state index contributed by atoms with van der Waals surface area (Å²) in [6.45, 7) is 10.9. The molecule has 1 fully saturated rings. The molecule has 0 spiro atoms.